The first-order chi connectivity index (χ1) is 14.2. The molecule has 2 aromatic rings. The number of rotatable bonds is 9. The number of ether oxygens (including phenoxy) is 1. The molecule has 0 saturated heterocycles. The lowest BCUT2D eigenvalue weighted by Crippen LogP contribution is -2.24. The molecule has 1 aliphatic carbocycles. The molecule has 0 heterocycles. The Labute approximate surface area is 174 Å². The van der Waals surface area contributed by atoms with Gasteiger partial charge in [0.05, 0.1) is 5.56 Å². The SMILES string of the molecule is CCCCCCCc1ccc([C@H]2CC[C@H](OC(=O)c3ccc(F)cc3)CC2)cc1. The van der Waals surface area contributed by atoms with Crippen molar-refractivity contribution in [1.29, 1.82) is 0 Å². The minimum Gasteiger partial charge on any atom is -0.459 e. The van der Waals surface area contributed by atoms with E-state index in [1.165, 1.54) is 73.9 Å². The number of esters is 1. The van der Waals surface area contributed by atoms with Crippen molar-refractivity contribution in [2.75, 3.05) is 0 Å². The number of aryl methyl sites for hydroxylation is 1. The molecule has 0 amide bonds. The summed E-state index contributed by atoms with van der Waals surface area (Å²) in [5.74, 6) is -0.143. The third kappa shape index (κ3) is 6.69. The molecular weight excluding hydrogens is 363 g/mol. The van der Waals surface area contributed by atoms with Crippen LogP contribution < -0.4 is 0 Å². The highest BCUT2D eigenvalue weighted by Gasteiger charge is 2.25. The van der Waals surface area contributed by atoms with Crippen LogP contribution in [0, 0.1) is 5.82 Å². The van der Waals surface area contributed by atoms with Gasteiger partial charge in [-0.25, -0.2) is 9.18 Å². The Morgan fingerprint density at radius 1 is 0.897 bits per heavy atom. The van der Waals surface area contributed by atoms with Crippen molar-refractivity contribution in [2.45, 2.75) is 83.2 Å². The second kappa shape index (κ2) is 11.1. The lowest BCUT2D eigenvalue weighted by atomic mass is 9.82. The average molecular weight is 397 g/mol. The first kappa shape index (κ1) is 21.5. The maximum atomic E-state index is 13.0. The van der Waals surface area contributed by atoms with Crippen LogP contribution in [0.5, 0.6) is 0 Å². The molecule has 0 aliphatic heterocycles. The molecule has 1 fully saturated rings. The Kier molecular flexibility index (Phi) is 8.27. The van der Waals surface area contributed by atoms with Gasteiger partial charge >= 0.3 is 5.97 Å². The minimum absolute atomic E-state index is 0.0359. The van der Waals surface area contributed by atoms with Gasteiger partial charge in [0.15, 0.2) is 0 Å². The standard InChI is InChI=1S/C26H33FO2/c1-2-3-4-5-6-7-20-8-10-21(11-9-20)22-14-18-25(19-15-22)29-26(28)23-12-16-24(27)17-13-23/h8-13,16-17,22,25H,2-7,14-15,18-19H2,1H3/t22-,25-. The van der Waals surface area contributed by atoms with Crippen LogP contribution in [0.25, 0.3) is 0 Å². The lowest BCUT2D eigenvalue weighted by Gasteiger charge is -2.28. The van der Waals surface area contributed by atoms with Crippen molar-refractivity contribution < 1.29 is 13.9 Å². The highest BCUT2D eigenvalue weighted by atomic mass is 19.1. The maximum absolute atomic E-state index is 13.0. The van der Waals surface area contributed by atoms with Crippen molar-refractivity contribution >= 4 is 5.97 Å². The van der Waals surface area contributed by atoms with E-state index in [4.69, 9.17) is 4.74 Å². The molecule has 3 rings (SSSR count). The van der Waals surface area contributed by atoms with Crippen LogP contribution in [-0.4, -0.2) is 12.1 Å². The summed E-state index contributed by atoms with van der Waals surface area (Å²) in [7, 11) is 0. The molecule has 0 radical (unpaired) electrons. The quantitative estimate of drug-likeness (QED) is 0.330. The van der Waals surface area contributed by atoms with Crippen LogP contribution >= 0.6 is 0 Å². The van der Waals surface area contributed by atoms with Gasteiger partial charge < -0.3 is 4.74 Å². The second-order valence-electron chi connectivity index (χ2n) is 8.29. The smallest absolute Gasteiger partial charge is 0.338 e. The van der Waals surface area contributed by atoms with E-state index in [1.54, 1.807) is 0 Å². The van der Waals surface area contributed by atoms with Gasteiger partial charge in [0.25, 0.3) is 0 Å². The number of unbranched alkanes of at least 4 members (excludes halogenated alkanes) is 4. The largest absolute Gasteiger partial charge is 0.459 e. The van der Waals surface area contributed by atoms with E-state index in [2.05, 4.69) is 31.2 Å². The van der Waals surface area contributed by atoms with Crippen molar-refractivity contribution in [1.82, 2.24) is 0 Å². The van der Waals surface area contributed by atoms with Crippen molar-refractivity contribution in [3.05, 3.63) is 71.0 Å². The van der Waals surface area contributed by atoms with Gasteiger partial charge in [-0.1, -0.05) is 56.9 Å². The van der Waals surface area contributed by atoms with Gasteiger partial charge in [-0.05, 0) is 79.8 Å². The second-order valence-corrected chi connectivity index (χ2v) is 8.29. The summed E-state index contributed by atoms with van der Waals surface area (Å²) in [6.07, 6.45) is 11.6. The summed E-state index contributed by atoms with van der Waals surface area (Å²) in [6, 6.07) is 14.7. The molecule has 0 atom stereocenters. The molecule has 0 unspecified atom stereocenters. The van der Waals surface area contributed by atoms with Crippen LogP contribution in [0.2, 0.25) is 0 Å². The molecule has 1 saturated carbocycles. The Bertz CT molecular complexity index is 743. The predicted molar refractivity (Wildman–Crippen MR) is 116 cm³/mol. The molecule has 0 aromatic heterocycles. The van der Waals surface area contributed by atoms with Gasteiger partial charge in [0.2, 0.25) is 0 Å². The van der Waals surface area contributed by atoms with Gasteiger partial charge in [0, 0.05) is 0 Å². The van der Waals surface area contributed by atoms with E-state index in [1.807, 2.05) is 0 Å². The minimum atomic E-state index is -0.350. The molecule has 0 bridgehead atoms. The maximum Gasteiger partial charge on any atom is 0.338 e. The van der Waals surface area contributed by atoms with Gasteiger partial charge in [-0.3, -0.25) is 0 Å². The van der Waals surface area contributed by atoms with E-state index in [9.17, 15) is 9.18 Å². The fourth-order valence-corrected chi connectivity index (χ4v) is 4.21. The first-order valence-corrected chi connectivity index (χ1v) is 11.2. The molecule has 2 nitrogen and oxygen atoms in total. The summed E-state index contributed by atoms with van der Waals surface area (Å²) >= 11 is 0. The number of halogens is 1. The van der Waals surface area contributed by atoms with Crippen LogP contribution in [0.15, 0.2) is 48.5 Å². The number of hydrogen-bond acceptors (Lipinski definition) is 2. The summed E-state index contributed by atoms with van der Waals surface area (Å²) < 4.78 is 18.6. The summed E-state index contributed by atoms with van der Waals surface area (Å²) in [5.41, 5.74) is 3.26. The number of benzene rings is 2. The Morgan fingerprint density at radius 3 is 2.21 bits per heavy atom. The topological polar surface area (TPSA) is 26.3 Å². The fourth-order valence-electron chi connectivity index (χ4n) is 4.21. The van der Waals surface area contributed by atoms with Gasteiger partial charge in [-0.2, -0.15) is 0 Å². The normalized spacial score (nSPS) is 19.1. The van der Waals surface area contributed by atoms with E-state index < -0.39 is 0 Å². The van der Waals surface area contributed by atoms with Crippen LogP contribution in [0.3, 0.4) is 0 Å². The van der Waals surface area contributed by atoms with Crippen LogP contribution in [0.1, 0.15) is 92.1 Å². The predicted octanol–water partition coefficient (Wildman–Crippen LogP) is 7.22. The van der Waals surface area contributed by atoms with Crippen LogP contribution in [0.4, 0.5) is 4.39 Å². The zero-order chi connectivity index (χ0) is 20.5. The highest BCUT2D eigenvalue weighted by molar-refractivity contribution is 5.89. The number of carbonyl (C=O) groups is 1. The monoisotopic (exact) mass is 396 g/mol. The zero-order valence-electron chi connectivity index (χ0n) is 17.5. The zero-order valence-corrected chi connectivity index (χ0v) is 17.5. The van der Waals surface area contributed by atoms with E-state index in [0.717, 1.165) is 25.7 Å². The van der Waals surface area contributed by atoms with Crippen molar-refractivity contribution in [2.24, 2.45) is 0 Å². The van der Waals surface area contributed by atoms with E-state index >= 15 is 0 Å². The lowest BCUT2D eigenvalue weighted by molar-refractivity contribution is 0.0195. The first-order valence-electron chi connectivity index (χ1n) is 11.2. The molecule has 156 valence electrons. The highest BCUT2D eigenvalue weighted by Crippen LogP contribution is 2.34. The fraction of sp³-hybridized carbons (Fsp3) is 0.500. The number of carbonyl (C=O) groups excluding carboxylic acids is 1. The molecule has 29 heavy (non-hydrogen) atoms. The molecular formula is C26H33FO2. The molecule has 3 heteroatoms. The molecule has 2 aromatic carbocycles. The van der Waals surface area contributed by atoms with Gasteiger partial charge in [-0.15, -0.1) is 0 Å². The third-order valence-corrected chi connectivity index (χ3v) is 6.05. The molecule has 0 spiro atoms. The van der Waals surface area contributed by atoms with E-state index in [0.29, 0.717) is 11.5 Å². The van der Waals surface area contributed by atoms with Crippen molar-refractivity contribution in [3.8, 4) is 0 Å². The molecule has 1 aliphatic rings. The number of hydrogen-bond donors (Lipinski definition) is 0. The van der Waals surface area contributed by atoms with E-state index in [-0.39, 0.29) is 17.9 Å². The summed E-state index contributed by atoms with van der Waals surface area (Å²) in [5, 5.41) is 0. The summed E-state index contributed by atoms with van der Waals surface area (Å²) in [6.45, 7) is 2.25. The third-order valence-electron chi connectivity index (χ3n) is 6.05. The average Bonchev–Trinajstić information content (AvgIpc) is 2.75. The summed E-state index contributed by atoms with van der Waals surface area (Å²) in [4.78, 5) is 12.2. The Hall–Kier alpha value is -2.16. The van der Waals surface area contributed by atoms with Gasteiger partial charge in [0.1, 0.15) is 11.9 Å². The Morgan fingerprint density at radius 2 is 1.55 bits per heavy atom. The van der Waals surface area contributed by atoms with Crippen molar-refractivity contribution in [3.63, 3.8) is 0 Å². The molecule has 0 N–H and O–H groups in total. The van der Waals surface area contributed by atoms with Crippen LogP contribution in [-0.2, 0) is 11.2 Å². The Balaban J connectivity index is 1.42.